The number of aliphatic hydroxyl groups excluding tert-OH is 1. The Bertz CT molecular complexity index is 587. The van der Waals surface area contributed by atoms with E-state index in [-0.39, 0.29) is 12.5 Å². The van der Waals surface area contributed by atoms with E-state index in [1.807, 2.05) is 30.3 Å². The van der Waals surface area contributed by atoms with Crippen LogP contribution in [0.1, 0.15) is 18.0 Å². The van der Waals surface area contributed by atoms with Gasteiger partial charge in [0.1, 0.15) is 6.04 Å². The summed E-state index contributed by atoms with van der Waals surface area (Å²) in [7, 11) is 0. The fourth-order valence-electron chi connectivity index (χ4n) is 2.08. The number of amides is 1. The zero-order chi connectivity index (χ0) is 15.8. The van der Waals surface area contributed by atoms with E-state index in [0.29, 0.717) is 23.7 Å². The fraction of sp³-hybridized carbons (Fsp3) is 0.235. The number of hydrogen-bond donors (Lipinski definition) is 3. The summed E-state index contributed by atoms with van der Waals surface area (Å²) in [6.45, 7) is 0.650. The van der Waals surface area contributed by atoms with Gasteiger partial charge in [0.05, 0.1) is 0 Å². The van der Waals surface area contributed by atoms with Crippen molar-refractivity contribution in [3.63, 3.8) is 0 Å². The summed E-state index contributed by atoms with van der Waals surface area (Å²) >= 11 is 5.84. The van der Waals surface area contributed by atoms with Crippen molar-refractivity contribution in [3.05, 3.63) is 65.2 Å². The lowest BCUT2D eigenvalue weighted by Gasteiger charge is -2.19. The fourth-order valence-corrected chi connectivity index (χ4v) is 2.21. The van der Waals surface area contributed by atoms with E-state index in [0.717, 1.165) is 5.56 Å². The van der Waals surface area contributed by atoms with Gasteiger partial charge < -0.3 is 15.7 Å². The standard InChI is InChI=1S/C17H19ClN2O2/c18-14-7-9-15(10-8-14)20-17(22)16(19-11-4-12-21)13-5-2-1-3-6-13/h1-3,5-10,16,19,21H,4,11-12H2,(H,20,22)/t16-/m0/s1. The summed E-state index contributed by atoms with van der Waals surface area (Å²) in [4.78, 5) is 12.5. The maximum Gasteiger partial charge on any atom is 0.246 e. The van der Waals surface area contributed by atoms with Gasteiger partial charge in [-0.15, -0.1) is 0 Å². The Morgan fingerprint density at radius 1 is 1.09 bits per heavy atom. The Kier molecular flexibility index (Phi) is 6.40. The van der Waals surface area contributed by atoms with E-state index in [1.165, 1.54) is 0 Å². The van der Waals surface area contributed by atoms with Crippen molar-refractivity contribution >= 4 is 23.2 Å². The van der Waals surface area contributed by atoms with Crippen molar-refractivity contribution in [3.8, 4) is 0 Å². The molecule has 4 nitrogen and oxygen atoms in total. The lowest BCUT2D eigenvalue weighted by Crippen LogP contribution is -2.33. The van der Waals surface area contributed by atoms with E-state index in [2.05, 4.69) is 10.6 Å². The van der Waals surface area contributed by atoms with Gasteiger partial charge in [-0.3, -0.25) is 4.79 Å². The molecule has 0 spiro atoms. The van der Waals surface area contributed by atoms with Gasteiger partial charge in [0.25, 0.3) is 0 Å². The van der Waals surface area contributed by atoms with Gasteiger partial charge in [0.2, 0.25) is 5.91 Å². The van der Waals surface area contributed by atoms with Crippen molar-refractivity contribution in [1.82, 2.24) is 5.32 Å². The Morgan fingerprint density at radius 2 is 1.77 bits per heavy atom. The van der Waals surface area contributed by atoms with Crippen LogP contribution < -0.4 is 10.6 Å². The van der Waals surface area contributed by atoms with E-state index in [9.17, 15) is 4.79 Å². The lowest BCUT2D eigenvalue weighted by atomic mass is 10.1. The van der Waals surface area contributed by atoms with Gasteiger partial charge in [-0.2, -0.15) is 0 Å². The maximum atomic E-state index is 12.5. The minimum Gasteiger partial charge on any atom is -0.396 e. The quantitative estimate of drug-likeness (QED) is 0.688. The molecule has 0 bridgehead atoms. The summed E-state index contributed by atoms with van der Waals surface area (Å²) in [6, 6.07) is 16.0. The van der Waals surface area contributed by atoms with E-state index >= 15 is 0 Å². The third-order valence-corrected chi connectivity index (χ3v) is 3.44. The highest BCUT2D eigenvalue weighted by molar-refractivity contribution is 6.30. The Morgan fingerprint density at radius 3 is 2.41 bits per heavy atom. The summed E-state index contributed by atoms with van der Waals surface area (Å²) in [5.41, 5.74) is 1.58. The predicted octanol–water partition coefficient (Wildman–Crippen LogP) is 2.99. The number of carbonyl (C=O) groups excluding carboxylic acids is 1. The highest BCUT2D eigenvalue weighted by atomic mass is 35.5. The first-order chi connectivity index (χ1) is 10.7. The molecule has 0 heterocycles. The van der Waals surface area contributed by atoms with Gasteiger partial charge in [0, 0.05) is 17.3 Å². The molecule has 0 aliphatic carbocycles. The predicted molar refractivity (Wildman–Crippen MR) is 89.0 cm³/mol. The van der Waals surface area contributed by atoms with Crippen LogP contribution in [0, 0.1) is 0 Å². The average molecular weight is 319 g/mol. The van der Waals surface area contributed by atoms with Crippen molar-refractivity contribution in [1.29, 1.82) is 0 Å². The number of benzene rings is 2. The molecule has 1 amide bonds. The molecule has 116 valence electrons. The highest BCUT2D eigenvalue weighted by Gasteiger charge is 2.19. The van der Waals surface area contributed by atoms with Crippen LogP contribution in [0.3, 0.4) is 0 Å². The Balaban J connectivity index is 2.09. The maximum absolute atomic E-state index is 12.5. The first-order valence-electron chi connectivity index (χ1n) is 7.16. The molecule has 0 aromatic heterocycles. The first kappa shape index (κ1) is 16.5. The van der Waals surface area contributed by atoms with Gasteiger partial charge in [-0.05, 0) is 42.8 Å². The number of nitrogens with one attached hydrogen (secondary N) is 2. The second kappa shape index (κ2) is 8.54. The smallest absolute Gasteiger partial charge is 0.246 e. The lowest BCUT2D eigenvalue weighted by molar-refractivity contribution is -0.118. The minimum atomic E-state index is -0.469. The molecule has 0 radical (unpaired) electrons. The van der Waals surface area contributed by atoms with Crippen LogP contribution in [-0.2, 0) is 4.79 Å². The first-order valence-corrected chi connectivity index (χ1v) is 7.54. The van der Waals surface area contributed by atoms with Crippen LogP contribution in [0.25, 0.3) is 0 Å². The van der Waals surface area contributed by atoms with E-state index < -0.39 is 6.04 Å². The molecule has 0 aliphatic heterocycles. The molecular formula is C17H19ClN2O2. The molecule has 0 saturated heterocycles. The van der Waals surface area contributed by atoms with Gasteiger partial charge in [0.15, 0.2) is 0 Å². The molecule has 2 rings (SSSR count). The zero-order valence-corrected chi connectivity index (χ0v) is 12.9. The van der Waals surface area contributed by atoms with E-state index in [1.54, 1.807) is 24.3 Å². The molecule has 2 aromatic carbocycles. The van der Waals surface area contributed by atoms with E-state index in [4.69, 9.17) is 16.7 Å². The molecule has 1 atom stereocenters. The van der Waals surface area contributed by atoms with Crippen molar-refractivity contribution in [2.45, 2.75) is 12.5 Å². The summed E-state index contributed by atoms with van der Waals surface area (Å²) in [5, 5.41) is 15.6. The van der Waals surface area contributed by atoms with Crippen LogP contribution in [0.4, 0.5) is 5.69 Å². The van der Waals surface area contributed by atoms with Gasteiger partial charge in [-0.1, -0.05) is 41.9 Å². The molecule has 5 heteroatoms. The van der Waals surface area contributed by atoms with Crippen molar-refractivity contribution in [2.24, 2.45) is 0 Å². The minimum absolute atomic E-state index is 0.0906. The molecule has 3 N–H and O–H groups in total. The third kappa shape index (κ3) is 4.84. The summed E-state index contributed by atoms with van der Waals surface area (Å²) in [6.07, 6.45) is 0.595. The van der Waals surface area contributed by atoms with Crippen LogP contribution in [0.2, 0.25) is 5.02 Å². The number of rotatable bonds is 7. The third-order valence-electron chi connectivity index (χ3n) is 3.19. The second-order valence-corrected chi connectivity index (χ2v) is 5.31. The summed E-state index contributed by atoms with van der Waals surface area (Å²) < 4.78 is 0. The number of carbonyl (C=O) groups is 1. The second-order valence-electron chi connectivity index (χ2n) is 4.87. The SMILES string of the molecule is O=C(Nc1ccc(Cl)cc1)[C@@H](NCCCO)c1ccccc1. The number of anilines is 1. The Hall–Kier alpha value is -1.88. The van der Waals surface area contributed by atoms with Crippen molar-refractivity contribution in [2.75, 3.05) is 18.5 Å². The van der Waals surface area contributed by atoms with Crippen LogP contribution in [0.15, 0.2) is 54.6 Å². The molecule has 0 unspecified atom stereocenters. The molecular weight excluding hydrogens is 300 g/mol. The van der Waals surface area contributed by atoms with Gasteiger partial charge in [-0.25, -0.2) is 0 Å². The van der Waals surface area contributed by atoms with Gasteiger partial charge >= 0.3 is 0 Å². The van der Waals surface area contributed by atoms with Crippen LogP contribution in [0.5, 0.6) is 0 Å². The Labute approximate surface area is 135 Å². The summed E-state index contributed by atoms with van der Waals surface area (Å²) in [5.74, 6) is -0.147. The van der Waals surface area contributed by atoms with Crippen LogP contribution >= 0.6 is 11.6 Å². The molecule has 0 saturated carbocycles. The van der Waals surface area contributed by atoms with Crippen molar-refractivity contribution < 1.29 is 9.90 Å². The number of hydrogen-bond acceptors (Lipinski definition) is 3. The van der Waals surface area contributed by atoms with Crippen LogP contribution in [-0.4, -0.2) is 24.2 Å². The average Bonchev–Trinajstić information content (AvgIpc) is 2.54. The number of aliphatic hydroxyl groups is 1. The molecule has 0 fully saturated rings. The highest BCUT2D eigenvalue weighted by Crippen LogP contribution is 2.18. The zero-order valence-electron chi connectivity index (χ0n) is 12.1. The normalized spacial score (nSPS) is 11.9. The molecule has 0 aliphatic rings. The molecule has 22 heavy (non-hydrogen) atoms. The topological polar surface area (TPSA) is 61.4 Å². The number of halogens is 1. The molecule has 2 aromatic rings. The monoisotopic (exact) mass is 318 g/mol. The largest absolute Gasteiger partial charge is 0.396 e.